The number of carbonyl (C=O) groups is 3. The van der Waals surface area contributed by atoms with Gasteiger partial charge in [0.15, 0.2) is 0 Å². The van der Waals surface area contributed by atoms with Gasteiger partial charge in [-0.1, -0.05) is 18.9 Å². The van der Waals surface area contributed by atoms with Crippen molar-refractivity contribution < 1.29 is 19.3 Å². The fourth-order valence-corrected chi connectivity index (χ4v) is 3.43. The molecule has 8 heteroatoms. The molecule has 2 fully saturated rings. The van der Waals surface area contributed by atoms with E-state index < -0.39 is 10.8 Å². The molecule has 1 aliphatic carbocycles. The number of benzene rings is 1. The summed E-state index contributed by atoms with van der Waals surface area (Å²) >= 11 is 0. The molecule has 1 saturated heterocycles. The molecule has 1 aromatic carbocycles. The summed E-state index contributed by atoms with van der Waals surface area (Å²) in [6, 6.07) is 5.51. The maximum Gasteiger partial charge on any atom is 0.271 e. The Bertz CT molecular complexity index is 693. The average Bonchev–Trinajstić information content (AvgIpc) is 2.80. The first kappa shape index (κ1) is 16.1. The van der Waals surface area contributed by atoms with Gasteiger partial charge in [0.05, 0.1) is 16.8 Å². The number of imide groups is 1. The number of nitrogens with zero attached hydrogens (tertiary/aromatic N) is 2. The van der Waals surface area contributed by atoms with Gasteiger partial charge in [-0.25, -0.2) is 0 Å². The summed E-state index contributed by atoms with van der Waals surface area (Å²) in [6.07, 6.45) is 3.23. The summed E-state index contributed by atoms with van der Waals surface area (Å²) in [5.41, 5.74) is 0.109. The standard InChI is InChI=1S/C16H17N3O5/c20-14(17-10-4-3-5-11(8-10)19(23)24)9-18-15(21)12-6-1-2-7-13(12)16(18)22/h3-5,8,12-13H,1-2,6-7,9H2,(H,17,20)/t12-,13-/m1/s1. The van der Waals surface area contributed by atoms with Crippen LogP contribution in [0.5, 0.6) is 0 Å². The Kier molecular flexibility index (Phi) is 4.28. The average molecular weight is 331 g/mol. The first-order valence-electron chi connectivity index (χ1n) is 7.87. The summed E-state index contributed by atoms with van der Waals surface area (Å²) in [5, 5.41) is 13.2. The first-order valence-corrected chi connectivity index (χ1v) is 7.87. The molecule has 0 radical (unpaired) electrons. The fourth-order valence-electron chi connectivity index (χ4n) is 3.43. The number of nitro benzene ring substituents is 1. The molecule has 3 rings (SSSR count). The Hall–Kier alpha value is -2.77. The van der Waals surface area contributed by atoms with E-state index in [2.05, 4.69) is 5.32 Å². The number of fused-ring (bicyclic) bond motifs is 1. The molecule has 2 atom stereocenters. The van der Waals surface area contributed by atoms with E-state index >= 15 is 0 Å². The molecule has 8 nitrogen and oxygen atoms in total. The number of nitrogens with one attached hydrogen (secondary N) is 1. The third kappa shape index (κ3) is 2.99. The van der Waals surface area contributed by atoms with Crippen molar-refractivity contribution in [3.05, 3.63) is 34.4 Å². The van der Waals surface area contributed by atoms with Crippen LogP contribution in [0.4, 0.5) is 11.4 Å². The lowest BCUT2D eigenvalue weighted by atomic mass is 9.81. The number of hydrogen-bond acceptors (Lipinski definition) is 5. The van der Waals surface area contributed by atoms with Gasteiger partial charge in [-0.2, -0.15) is 0 Å². The molecule has 1 saturated carbocycles. The van der Waals surface area contributed by atoms with Gasteiger partial charge < -0.3 is 5.32 Å². The van der Waals surface area contributed by atoms with Crippen LogP contribution in [0.3, 0.4) is 0 Å². The molecule has 24 heavy (non-hydrogen) atoms. The van der Waals surface area contributed by atoms with Gasteiger partial charge in [0.1, 0.15) is 6.54 Å². The minimum atomic E-state index is -0.562. The van der Waals surface area contributed by atoms with E-state index in [0.717, 1.165) is 17.7 Å². The number of anilines is 1. The van der Waals surface area contributed by atoms with Gasteiger partial charge in [-0.15, -0.1) is 0 Å². The zero-order chi connectivity index (χ0) is 17.3. The fraction of sp³-hybridized carbons (Fsp3) is 0.438. The molecule has 1 N–H and O–H groups in total. The van der Waals surface area contributed by atoms with Crippen molar-refractivity contribution in [2.24, 2.45) is 11.8 Å². The van der Waals surface area contributed by atoms with Crippen molar-refractivity contribution >= 4 is 29.1 Å². The number of nitro groups is 1. The molecule has 1 aliphatic heterocycles. The van der Waals surface area contributed by atoms with Crippen LogP contribution in [-0.4, -0.2) is 34.1 Å². The second-order valence-electron chi connectivity index (χ2n) is 6.12. The number of carbonyl (C=O) groups excluding carboxylic acids is 3. The molecule has 0 bridgehead atoms. The molecule has 0 spiro atoms. The molecule has 1 heterocycles. The quantitative estimate of drug-likeness (QED) is 0.513. The van der Waals surface area contributed by atoms with Crippen molar-refractivity contribution in [2.45, 2.75) is 25.7 Å². The van der Waals surface area contributed by atoms with E-state index in [1.54, 1.807) is 0 Å². The van der Waals surface area contributed by atoms with Gasteiger partial charge in [-0.3, -0.25) is 29.4 Å². The third-order valence-electron chi connectivity index (χ3n) is 4.57. The van der Waals surface area contributed by atoms with Crippen LogP contribution in [0.2, 0.25) is 0 Å². The van der Waals surface area contributed by atoms with Crippen molar-refractivity contribution in [3.8, 4) is 0 Å². The van der Waals surface area contributed by atoms with Crippen LogP contribution >= 0.6 is 0 Å². The molecular weight excluding hydrogens is 314 g/mol. The van der Waals surface area contributed by atoms with E-state index in [9.17, 15) is 24.5 Å². The van der Waals surface area contributed by atoms with Crippen LogP contribution in [0.15, 0.2) is 24.3 Å². The molecule has 1 aromatic rings. The number of hydrogen-bond donors (Lipinski definition) is 1. The van der Waals surface area contributed by atoms with Crippen LogP contribution in [-0.2, 0) is 14.4 Å². The molecule has 0 unspecified atom stereocenters. The van der Waals surface area contributed by atoms with Crippen LogP contribution in [0.1, 0.15) is 25.7 Å². The molecule has 2 aliphatic rings. The largest absolute Gasteiger partial charge is 0.324 e. The van der Waals surface area contributed by atoms with Crippen molar-refractivity contribution in [1.82, 2.24) is 4.90 Å². The highest BCUT2D eigenvalue weighted by atomic mass is 16.6. The summed E-state index contributed by atoms with van der Waals surface area (Å²) < 4.78 is 0. The molecular formula is C16H17N3O5. The maximum atomic E-state index is 12.3. The van der Waals surface area contributed by atoms with Crippen molar-refractivity contribution in [3.63, 3.8) is 0 Å². The van der Waals surface area contributed by atoms with Gasteiger partial charge in [0.2, 0.25) is 17.7 Å². The van der Waals surface area contributed by atoms with Crippen LogP contribution in [0.25, 0.3) is 0 Å². The van der Waals surface area contributed by atoms with Gasteiger partial charge >= 0.3 is 0 Å². The zero-order valence-corrected chi connectivity index (χ0v) is 12.9. The molecule has 0 aromatic heterocycles. The SMILES string of the molecule is O=C(CN1C(=O)[C@@H]2CCCC[C@H]2C1=O)Nc1cccc([N+](=O)[O-])c1. The summed E-state index contributed by atoms with van der Waals surface area (Å²) in [7, 11) is 0. The molecule has 126 valence electrons. The highest BCUT2D eigenvalue weighted by Gasteiger charge is 2.48. The van der Waals surface area contributed by atoms with E-state index in [4.69, 9.17) is 0 Å². The Morgan fingerprint density at radius 1 is 1.21 bits per heavy atom. The highest BCUT2D eigenvalue weighted by Crippen LogP contribution is 2.37. The summed E-state index contributed by atoms with van der Waals surface area (Å²) in [6.45, 7) is -0.354. The van der Waals surface area contributed by atoms with Gasteiger partial charge in [0, 0.05) is 17.8 Å². The lowest BCUT2D eigenvalue weighted by Crippen LogP contribution is -2.38. The Balaban J connectivity index is 1.66. The smallest absolute Gasteiger partial charge is 0.271 e. The van der Waals surface area contributed by atoms with Crippen LogP contribution in [0, 0.1) is 22.0 Å². The number of rotatable bonds is 4. The van der Waals surface area contributed by atoms with E-state index in [1.165, 1.54) is 24.3 Å². The van der Waals surface area contributed by atoms with E-state index in [-0.39, 0.29) is 41.6 Å². The Morgan fingerprint density at radius 2 is 1.83 bits per heavy atom. The summed E-state index contributed by atoms with van der Waals surface area (Å²) in [4.78, 5) is 48.0. The summed E-state index contributed by atoms with van der Waals surface area (Å²) in [5.74, 6) is -1.69. The number of amides is 3. The van der Waals surface area contributed by atoms with E-state index in [0.29, 0.717) is 12.8 Å². The second kappa shape index (κ2) is 6.38. The van der Waals surface area contributed by atoms with Gasteiger partial charge in [0.25, 0.3) is 5.69 Å². The third-order valence-corrected chi connectivity index (χ3v) is 4.57. The lowest BCUT2D eigenvalue weighted by Gasteiger charge is -2.19. The minimum Gasteiger partial charge on any atom is -0.324 e. The Labute approximate surface area is 138 Å². The van der Waals surface area contributed by atoms with Crippen molar-refractivity contribution in [2.75, 3.05) is 11.9 Å². The van der Waals surface area contributed by atoms with E-state index in [1.807, 2.05) is 0 Å². The predicted octanol–water partition coefficient (Wildman–Crippen LogP) is 1.71. The monoisotopic (exact) mass is 331 g/mol. The Morgan fingerprint density at radius 3 is 2.42 bits per heavy atom. The van der Waals surface area contributed by atoms with Gasteiger partial charge in [-0.05, 0) is 18.9 Å². The normalized spacial score (nSPS) is 23.1. The van der Waals surface area contributed by atoms with Crippen molar-refractivity contribution in [1.29, 1.82) is 0 Å². The molecule has 3 amide bonds. The zero-order valence-electron chi connectivity index (χ0n) is 12.9. The number of non-ortho nitro benzene ring substituents is 1. The highest BCUT2D eigenvalue weighted by molar-refractivity contribution is 6.08. The van der Waals surface area contributed by atoms with Crippen LogP contribution < -0.4 is 5.32 Å². The number of likely N-dealkylation sites (tertiary alicyclic amines) is 1. The lowest BCUT2D eigenvalue weighted by molar-refractivity contribution is -0.384. The second-order valence-corrected chi connectivity index (χ2v) is 6.12. The first-order chi connectivity index (χ1) is 11.5. The minimum absolute atomic E-state index is 0.146. The topological polar surface area (TPSA) is 110 Å². The maximum absolute atomic E-state index is 12.3. The predicted molar refractivity (Wildman–Crippen MR) is 83.9 cm³/mol.